The van der Waals surface area contributed by atoms with Crippen molar-refractivity contribution >= 4 is 28.5 Å². The Bertz CT molecular complexity index is 1180. The second kappa shape index (κ2) is 7.51. The first kappa shape index (κ1) is 18.2. The minimum absolute atomic E-state index is 0.0393. The van der Waals surface area contributed by atoms with Crippen molar-refractivity contribution in [2.24, 2.45) is 5.92 Å². The molecule has 0 saturated carbocycles. The maximum atomic E-state index is 12.8. The van der Waals surface area contributed by atoms with Gasteiger partial charge in [-0.3, -0.25) is 9.59 Å². The van der Waals surface area contributed by atoms with Crippen molar-refractivity contribution in [2.45, 2.75) is 13.0 Å². The van der Waals surface area contributed by atoms with Crippen molar-refractivity contribution in [1.29, 1.82) is 0 Å². The molecule has 1 saturated heterocycles. The largest absolute Gasteiger partial charge is 0.467 e. The van der Waals surface area contributed by atoms with Crippen LogP contribution in [0.3, 0.4) is 0 Å². The zero-order chi connectivity index (χ0) is 20.5. The molecule has 0 aliphatic carbocycles. The van der Waals surface area contributed by atoms with Gasteiger partial charge in [-0.25, -0.2) is 4.98 Å². The number of hydrogen-bond donors (Lipinski definition) is 2. The predicted octanol–water partition coefficient (Wildman–Crippen LogP) is 3.81. The zero-order valence-electron chi connectivity index (χ0n) is 16.2. The standard InChI is InChI=1S/C23H20N4O3/c28-21-12-16(13-27(21)14-18-7-4-10-30-18)23(29)24-17-6-3-5-15(11-17)22-25-19-8-1-2-9-20(19)26-22/h1-11,16H,12-14H2,(H,24,29)(H,25,26). The Balaban J connectivity index is 1.28. The van der Waals surface area contributed by atoms with E-state index in [-0.39, 0.29) is 24.2 Å². The summed E-state index contributed by atoms with van der Waals surface area (Å²) in [5, 5.41) is 2.94. The molecule has 2 N–H and O–H groups in total. The summed E-state index contributed by atoms with van der Waals surface area (Å²) in [4.78, 5) is 34.6. The SMILES string of the molecule is O=C(Nc1cccc(-c2nc3ccccc3[nH]2)c1)C1CC(=O)N(Cc2ccco2)C1. The highest BCUT2D eigenvalue weighted by atomic mass is 16.3. The van der Waals surface area contributed by atoms with Crippen LogP contribution in [0.4, 0.5) is 5.69 Å². The number of imidazole rings is 1. The molecule has 1 unspecified atom stereocenters. The number of aromatic amines is 1. The fourth-order valence-corrected chi connectivity index (χ4v) is 3.77. The molecule has 150 valence electrons. The van der Waals surface area contributed by atoms with Gasteiger partial charge in [-0.15, -0.1) is 0 Å². The van der Waals surface area contributed by atoms with Gasteiger partial charge in [-0.2, -0.15) is 0 Å². The van der Waals surface area contributed by atoms with E-state index in [0.717, 1.165) is 22.4 Å². The Kier molecular flexibility index (Phi) is 4.55. The summed E-state index contributed by atoms with van der Waals surface area (Å²) in [6.07, 6.45) is 1.78. The molecule has 7 heteroatoms. The number of hydrogen-bond acceptors (Lipinski definition) is 4. The van der Waals surface area contributed by atoms with Crippen molar-refractivity contribution in [1.82, 2.24) is 14.9 Å². The number of H-pyrrole nitrogens is 1. The number of carbonyl (C=O) groups excluding carboxylic acids is 2. The molecule has 0 radical (unpaired) electrons. The minimum Gasteiger partial charge on any atom is -0.467 e. The van der Waals surface area contributed by atoms with Crippen molar-refractivity contribution in [3.8, 4) is 11.4 Å². The predicted molar refractivity (Wildman–Crippen MR) is 112 cm³/mol. The van der Waals surface area contributed by atoms with E-state index in [9.17, 15) is 9.59 Å². The highest BCUT2D eigenvalue weighted by Gasteiger charge is 2.34. The monoisotopic (exact) mass is 400 g/mol. The lowest BCUT2D eigenvalue weighted by atomic mass is 10.1. The average Bonchev–Trinajstić information content (AvgIpc) is 3.49. The normalized spacial score (nSPS) is 16.3. The van der Waals surface area contributed by atoms with Crippen LogP contribution in [-0.4, -0.2) is 33.2 Å². The Labute approximate surface area is 172 Å². The number of amides is 2. The van der Waals surface area contributed by atoms with Crippen molar-refractivity contribution in [3.05, 3.63) is 72.7 Å². The van der Waals surface area contributed by atoms with Gasteiger partial charge in [-0.05, 0) is 36.4 Å². The fourth-order valence-electron chi connectivity index (χ4n) is 3.77. The molecule has 4 aromatic rings. The highest BCUT2D eigenvalue weighted by Crippen LogP contribution is 2.25. The van der Waals surface area contributed by atoms with Gasteiger partial charge < -0.3 is 19.6 Å². The summed E-state index contributed by atoms with van der Waals surface area (Å²) in [6, 6.07) is 19.0. The van der Waals surface area contributed by atoms with Gasteiger partial charge in [0.05, 0.1) is 29.8 Å². The van der Waals surface area contributed by atoms with Crippen LogP contribution in [0.25, 0.3) is 22.4 Å². The lowest BCUT2D eigenvalue weighted by molar-refractivity contribution is -0.128. The van der Waals surface area contributed by atoms with Crippen LogP contribution >= 0.6 is 0 Å². The number of nitrogens with one attached hydrogen (secondary N) is 2. The molecule has 1 aliphatic rings. The number of carbonyl (C=O) groups is 2. The summed E-state index contributed by atoms with van der Waals surface area (Å²) in [5.41, 5.74) is 3.41. The molecule has 3 heterocycles. The van der Waals surface area contributed by atoms with Crippen molar-refractivity contribution < 1.29 is 14.0 Å². The Morgan fingerprint density at radius 2 is 2.07 bits per heavy atom. The van der Waals surface area contributed by atoms with Crippen LogP contribution in [0.2, 0.25) is 0 Å². The second-order valence-electron chi connectivity index (χ2n) is 7.43. The second-order valence-corrected chi connectivity index (χ2v) is 7.43. The van der Waals surface area contributed by atoms with Crippen LogP contribution in [0.15, 0.2) is 71.3 Å². The molecule has 1 atom stereocenters. The number of nitrogens with zero attached hydrogens (tertiary/aromatic N) is 2. The number of likely N-dealkylation sites (tertiary alicyclic amines) is 1. The van der Waals surface area contributed by atoms with Crippen LogP contribution in [0, 0.1) is 5.92 Å². The highest BCUT2D eigenvalue weighted by molar-refractivity contribution is 5.97. The van der Waals surface area contributed by atoms with E-state index in [1.165, 1.54) is 0 Å². The Morgan fingerprint density at radius 1 is 1.17 bits per heavy atom. The Hall–Kier alpha value is -3.87. The molecule has 0 spiro atoms. The number of benzene rings is 2. The zero-order valence-corrected chi connectivity index (χ0v) is 16.2. The fraction of sp³-hybridized carbons (Fsp3) is 0.174. The lowest BCUT2D eigenvalue weighted by Gasteiger charge is -2.15. The van der Waals surface area contributed by atoms with Gasteiger partial charge in [-0.1, -0.05) is 24.3 Å². The smallest absolute Gasteiger partial charge is 0.229 e. The first-order chi connectivity index (χ1) is 14.7. The average molecular weight is 400 g/mol. The third-order valence-corrected chi connectivity index (χ3v) is 5.31. The number of para-hydroxylation sites is 2. The third-order valence-electron chi connectivity index (χ3n) is 5.31. The van der Waals surface area contributed by atoms with E-state index in [0.29, 0.717) is 24.5 Å². The first-order valence-electron chi connectivity index (χ1n) is 9.82. The van der Waals surface area contributed by atoms with Gasteiger partial charge in [0, 0.05) is 24.2 Å². The maximum Gasteiger partial charge on any atom is 0.229 e. The molecule has 1 fully saturated rings. The van der Waals surface area contributed by atoms with Crippen molar-refractivity contribution in [2.75, 3.05) is 11.9 Å². The van der Waals surface area contributed by atoms with Crippen molar-refractivity contribution in [3.63, 3.8) is 0 Å². The van der Waals surface area contributed by atoms with E-state index in [1.807, 2.05) is 54.6 Å². The van der Waals surface area contributed by atoms with E-state index in [1.54, 1.807) is 17.2 Å². The molecule has 2 amide bonds. The molecule has 2 aromatic carbocycles. The number of rotatable bonds is 5. The molecule has 7 nitrogen and oxygen atoms in total. The summed E-state index contributed by atoms with van der Waals surface area (Å²) >= 11 is 0. The van der Waals surface area contributed by atoms with E-state index in [4.69, 9.17) is 4.42 Å². The third kappa shape index (κ3) is 3.57. The van der Waals surface area contributed by atoms with Crippen LogP contribution in [-0.2, 0) is 16.1 Å². The number of fused-ring (bicyclic) bond motifs is 1. The van der Waals surface area contributed by atoms with E-state index < -0.39 is 0 Å². The van der Waals surface area contributed by atoms with Gasteiger partial charge in [0.2, 0.25) is 11.8 Å². The number of aromatic nitrogens is 2. The van der Waals surface area contributed by atoms with E-state index >= 15 is 0 Å². The molecular weight excluding hydrogens is 380 g/mol. The maximum absolute atomic E-state index is 12.8. The molecular formula is C23H20N4O3. The van der Waals surface area contributed by atoms with Gasteiger partial charge in [0.1, 0.15) is 11.6 Å². The van der Waals surface area contributed by atoms with Crippen LogP contribution in [0.5, 0.6) is 0 Å². The topological polar surface area (TPSA) is 91.2 Å². The van der Waals surface area contributed by atoms with Gasteiger partial charge in [0.15, 0.2) is 0 Å². The number of furan rings is 1. The summed E-state index contributed by atoms with van der Waals surface area (Å²) < 4.78 is 5.31. The van der Waals surface area contributed by atoms with Crippen LogP contribution in [0.1, 0.15) is 12.2 Å². The molecule has 30 heavy (non-hydrogen) atoms. The first-order valence-corrected chi connectivity index (χ1v) is 9.82. The quantitative estimate of drug-likeness (QED) is 0.533. The summed E-state index contributed by atoms with van der Waals surface area (Å²) in [7, 11) is 0. The van der Waals surface area contributed by atoms with Crippen LogP contribution < -0.4 is 5.32 Å². The van der Waals surface area contributed by atoms with Gasteiger partial charge in [0.25, 0.3) is 0 Å². The molecule has 2 aromatic heterocycles. The summed E-state index contributed by atoms with van der Waals surface area (Å²) in [6.45, 7) is 0.770. The van der Waals surface area contributed by atoms with Gasteiger partial charge >= 0.3 is 0 Å². The lowest BCUT2D eigenvalue weighted by Crippen LogP contribution is -2.27. The Morgan fingerprint density at radius 3 is 2.90 bits per heavy atom. The minimum atomic E-state index is -0.387. The molecule has 1 aliphatic heterocycles. The molecule has 5 rings (SSSR count). The van der Waals surface area contributed by atoms with E-state index in [2.05, 4.69) is 15.3 Å². The summed E-state index contributed by atoms with van der Waals surface area (Å²) in [5.74, 6) is 0.868. The molecule has 0 bridgehead atoms. The number of anilines is 1.